The normalized spacial score (nSPS) is 11.0. The number of rotatable bonds is 6. The molecule has 5 nitrogen and oxygen atoms in total. The third kappa shape index (κ3) is 5.09. The van der Waals surface area contributed by atoms with Gasteiger partial charge in [-0.3, -0.25) is 15.1 Å². The van der Waals surface area contributed by atoms with E-state index in [-0.39, 0.29) is 12.3 Å². The Kier molecular flexibility index (Phi) is 6.29. The average molecular weight is 415 g/mol. The van der Waals surface area contributed by atoms with E-state index in [1.165, 1.54) is 12.1 Å². The summed E-state index contributed by atoms with van der Waals surface area (Å²) in [5, 5.41) is 11.9. The van der Waals surface area contributed by atoms with Crippen molar-refractivity contribution in [2.45, 2.75) is 13.5 Å². The van der Waals surface area contributed by atoms with Crippen LogP contribution in [-0.2, 0) is 6.61 Å². The van der Waals surface area contributed by atoms with E-state index in [4.69, 9.17) is 27.9 Å². The van der Waals surface area contributed by atoms with Crippen LogP contribution in [0.4, 0.5) is 11.4 Å². The SMILES string of the molecule is Cc1ccc(Cl)cc1N=Cc1cc(Cl)ccc1OCc1ccc([N+](=O)[O-])cc1. The quantitative estimate of drug-likeness (QED) is 0.261. The fourth-order valence-electron chi connectivity index (χ4n) is 2.49. The van der Waals surface area contributed by atoms with Crippen LogP contribution in [0.25, 0.3) is 0 Å². The Balaban J connectivity index is 1.79. The van der Waals surface area contributed by atoms with Crippen molar-refractivity contribution in [1.82, 2.24) is 0 Å². The molecule has 0 fully saturated rings. The van der Waals surface area contributed by atoms with Crippen LogP contribution in [0.5, 0.6) is 5.75 Å². The second-order valence-electron chi connectivity index (χ2n) is 6.08. The van der Waals surface area contributed by atoms with E-state index in [9.17, 15) is 10.1 Å². The van der Waals surface area contributed by atoms with Crippen LogP contribution < -0.4 is 4.74 Å². The predicted molar refractivity (Wildman–Crippen MR) is 112 cm³/mol. The third-order valence-electron chi connectivity index (χ3n) is 4.03. The molecule has 0 aromatic heterocycles. The highest BCUT2D eigenvalue weighted by Crippen LogP contribution is 2.26. The summed E-state index contributed by atoms with van der Waals surface area (Å²) in [6.07, 6.45) is 1.68. The summed E-state index contributed by atoms with van der Waals surface area (Å²) in [4.78, 5) is 14.8. The number of hydrogen-bond donors (Lipinski definition) is 0. The van der Waals surface area contributed by atoms with Crippen LogP contribution in [0.1, 0.15) is 16.7 Å². The topological polar surface area (TPSA) is 64.7 Å². The van der Waals surface area contributed by atoms with Gasteiger partial charge in [-0.1, -0.05) is 29.3 Å². The van der Waals surface area contributed by atoms with Crippen molar-refractivity contribution in [3.8, 4) is 5.75 Å². The Morgan fingerprint density at radius 2 is 1.71 bits per heavy atom. The molecule has 0 atom stereocenters. The molecule has 3 aromatic carbocycles. The molecule has 0 heterocycles. The van der Waals surface area contributed by atoms with E-state index in [0.29, 0.717) is 21.4 Å². The van der Waals surface area contributed by atoms with Gasteiger partial charge in [-0.15, -0.1) is 0 Å². The molecule has 0 aliphatic heterocycles. The number of nitro groups is 1. The molecule has 0 aliphatic carbocycles. The molecular formula is C21H16Cl2N2O3. The van der Waals surface area contributed by atoms with Crippen molar-refractivity contribution in [2.24, 2.45) is 4.99 Å². The van der Waals surface area contributed by atoms with Gasteiger partial charge in [0.15, 0.2) is 0 Å². The maximum Gasteiger partial charge on any atom is 0.269 e. The van der Waals surface area contributed by atoms with Gasteiger partial charge in [-0.05, 0) is 60.5 Å². The van der Waals surface area contributed by atoms with Gasteiger partial charge in [-0.25, -0.2) is 0 Å². The number of aliphatic imine (C=N–C) groups is 1. The third-order valence-corrected chi connectivity index (χ3v) is 4.50. The molecule has 3 rings (SSSR count). The molecular weight excluding hydrogens is 399 g/mol. The number of non-ortho nitro benzene ring substituents is 1. The second kappa shape index (κ2) is 8.87. The Bertz CT molecular complexity index is 1030. The summed E-state index contributed by atoms with van der Waals surface area (Å²) >= 11 is 12.2. The molecule has 0 aliphatic rings. The summed E-state index contributed by atoms with van der Waals surface area (Å²) in [7, 11) is 0. The number of aryl methyl sites for hydroxylation is 1. The standard InChI is InChI=1S/C21H16Cl2N2O3/c1-14-2-5-18(23)11-20(14)24-12-16-10-17(22)6-9-21(16)28-13-15-3-7-19(8-4-15)25(26)27/h2-12H,13H2,1H3. The Morgan fingerprint density at radius 3 is 2.43 bits per heavy atom. The van der Waals surface area contributed by atoms with E-state index in [1.54, 1.807) is 42.6 Å². The first-order valence-electron chi connectivity index (χ1n) is 8.38. The summed E-state index contributed by atoms with van der Waals surface area (Å²) in [6, 6.07) is 17.0. The molecule has 28 heavy (non-hydrogen) atoms. The largest absolute Gasteiger partial charge is 0.488 e. The minimum atomic E-state index is -0.434. The van der Waals surface area contributed by atoms with Crippen molar-refractivity contribution >= 4 is 40.8 Å². The molecule has 0 unspecified atom stereocenters. The van der Waals surface area contributed by atoms with Gasteiger partial charge in [0.25, 0.3) is 5.69 Å². The average Bonchev–Trinajstić information content (AvgIpc) is 2.68. The van der Waals surface area contributed by atoms with Gasteiger partial charge < -0.3 is 4.74 Å². The maximum absolute atomic E-state index is 10.7. The minimum Gasteiger partial charge on any atom is -0.488 e. The highest BCUT2D eigenvalue weighted by Gasteiger charge is 2.07. The van der Waals surface area contributed by atoms with Crippen LogP contribution in [0.3, 0.4) is 0 Å². The molecule has 3 aromatic rings. The summed E-state index contributed by atoms with van der Waals surface area (Å²) in [5.74, 6) is 0.603. The van der Waals surface area contributed by atoms with Gasteiger partial charge in [0, 0.05) is 34.0 Å². The van der Waals surface area contributed by atoms with Gasteiger partial charge in [0.05, 0.1) is 10.6 Å². The van der Waals surface area contributed by atoms with Gasteiger partial charge >= 0.3 is 0 Å². The number of benzene rings is 3. The molecule has 7 heteroatoms. The molecule has 0 spiro atoms. The Labute approximate surface area is 172 Å². The molecule has 0 saturated carbocycles. The zero-order valence-corrected chi connectivity index (χ0v) is 16.4. The van der Waals surface area contributed by atoms with Crippen LogP contribution in [0.15, 0.2) is 65.7 Å². The van der Waals surface area contributed by atoms with Gasteiger partial charge in [0.2, 0.25) is 0 Å². The van der Waals surface area contributed by atoms with Crippen LogP contribution in [0, 0.1) is 17.0 Å². The molecule has 0 amide bonds. The van der Waals surface area contributed by atoms with Crippen LogP contribution >= 0.6 is 23.2 Å². The van der Waals surface area contributed by atoms with Crippen molar-refractivity contribution in [1.29, 1.82) is 0 Å². The summed E-state index contributed by atoms with van der Waals surface area (Å²) in [5.41, 5.74) is 3.33. The number of ether oxygens (including phenoxy) is 1. The minimum absolute atomic E-state index is 0.0416. The Morgan fingerprint density at radius 1 is 1.04 bits per heavy atom. The summed E-state index contributed by atoms with van der Waals surface area (Å²) in [6.45, 7) is 2.21. The highest BCUT2D eigenvalue weighted by molar-refractivity contribution is 6.31. The van der Waals surface area contributed by atoms with Crippen molar-refractivity contribution in [3.05, 3.63) is 97.5 Å². The van der Waals surface area contributed by atoms with E-state index < -0.39 is 4.92 Å². The smallest absolute Gasteiger partial charge is 0.269 e. The molecule has 0 bridgehead atoms. The van der Waals surface area contributed by atoms with Gasteiger partial charge in [-0.2, -0.15) is 0 Å². The van der Waals surface area contributed by atoms with Crippen molar-refractivity contribution in [3.63, 3.8) is 0 Å². The molecule has 142 valence electrons. The summed E-state index contributed by atoms with van der Waals surface area (Å²) < 4.78 is 5.88. The Hall–Kier alpha value is -2.89. The van der Waals surface area contributed by atoms with Gasteiger partial charge in [0.1, 0.15) is 12.4 Å². The predicted octanol–water partition coefficient (Wildman–Crippen LogP) is 6.54. The molecule has 0 N–H and O–H groups in total. The fraction of sp³-hybridized carbons (Fsp3) is 0.0952. The fourth-order valence-corrected chi connectivity index (χ4v) is 2.83. The van der Waals surface area contributed by atoms with Crippen molar-refractivity contribution in [2.75, 3.05) is 0 Å². The number of hydrogen-bond acceptors (Lipinski definition) is 4. The first-order chi connectivity index (χ1) is 13.4. The van der Waals surface area contributed by atoms with E-state index >= 15 is 0 Å². The lowest BCUT2D eigenvalue weighted by Gasteiger charge is -2.10. The number of nitro benzene ring substituents is 1. The monoisotopic (exact) mass is 414 g/mol. The zero-order valence-electron chi connectivity index (χ0n) is 14.9. The number of halogens is 2. The molecule has 0 saturated heterocycles. The maximum atomic E-state index is 10.7. The van der Waals surface area contributed by atoms with Crippen molar-refractivity contribution < 1.29 is 9.66 Å². The first kappa shape index (κ1) is 19.9. The number of nitrogens with zero attached hydrogens (tertiary/aromatic N) is 2. The first-order valence-corrected chi connectivity index (χ1v) is 9.14. The second-order valence-corrected chi connectivity index (χ2v) is 6.96. The van der Waals surface area contributed by atoms with Crippen LogP contribution in [-0.4, -0.2) is 11.1 Å². The lowest BCUT2D eigenvalue weighted by molar-refractivity contribution is -0.384. The zero-order chi connectivity index (χ0) is 20.1. The van der Waals surface area contributed by atoms with E-state index in [0.717, 1.165) is 16.8 Å². The van der Waals surface area contributed by atoms with E-state index in [2.05, 4.69) is 4.99 Å². The van der Waals surface area contributed by atoms with E-state index in [1.807, 2.05) is 19.1 Å². The van der Waals surface area contributed by atoms with Crippen LogP contribution in [0.2, 0.25) is 10.0 Å². The lowest BCUT2D eigenvalue weighted by atomic mass is 10.2. The lowest BCUT2D eigenvalue weighted by Crippen LogP contribution is -1.99. The molecule has 0 radical (unpaired) electrons. The highest BCUT2D eigenvalue weighted by atomic mass is 35.5.